The highest BCUT2D eigenvalue weighted by molar-refractivity contribution is 7.92. The quantitative estimate of drug-likeness (QED) is 0.839. The third-order valence-corrected chi connectivity index (χ3v) is 5.08. The van der Waals surface area contributed by atoms with E-state index >= 15 is 0 Å². The summed E-state index contributed by atoms with van der Waals surface area (Å²) in [4.78, 5) is 14.4. The fraction of sp³-hybridized carbons (Fsp3) is 0.375. The van der Waals surface area contributed by atoms with Gasteiger partial charge in [-0.2, -0.15) is 0 Å². The zero-order valence-electron chi connectivity index (χ0n) is 13.6. The molecule has 1 aliphatic rings. The normalized spacial score (nSPS) is 14.3. The standard InChI is InChI=1S/C16H19N3O4S/c1-12-10-15(17-23-12)19(24(2,21)22)11-16(20)18-9-5-7-13-6-3-4-8-14(13)18/h3-4,6,8,10H,5,7,9,11H2,1-2H3. The lowest BCUT2D eigenvalue weighted by Crippen LogP contribution is -2.44. The summed E-state index contributed by atoms with van der Waals surface area (Å²) in [5.41, 5.74) is 1.94. The highest BCUT2D eigenvalue weighted by Gasteiger charge is 2.28. The Labute approximate surface area is 140 Å². The van der Waals surface area contributed by atoms with Gasteiger partial charge in [-0.1, -0.05) is 23.4 Å². The Kier molecular flexibility index (Phi) is 4.31. The first-order chi connectivity index (χ1) is 11.4. The molecule has 0 spiro atoms. The van der Waals surface area contributed by atoms with Crippen LogP contribution in [0.15, 0.2) is 34.9 Å². The first-order valence-corrected chi connectivity index (χ1v) is 9.50. The Morgan fingerprint density at radius 3 is 2.79 bits per heavy atom. The maximum atomic E-state index is 12.8. The van der Waals surface area contributed by atoms with E-state index in [0.717, 1.165) is 34.7 Å². The second-order valence-electron chi connectivity index (χ2n) is 5.84. The molecule has 7 nitrogen and oxygen atoms in total. The molecule has 0 saturated heterocycles. The Bertz CT molecular complexity index is 860. The van der Waals surface area contributed by atoms with E-state index in [1.54, 1.807) is 11.8 Å². The van der Waals surface area contributed by atoms with Crippen LogP contribution in [-0.2, 0) is 21.2 Å². The van der Waals surface area contributed by atoms with E-state index in [1.165, 1.54) is 6.07 Å². The van der Waals surface area contributed by atoms with Gasteiger partial charge >= 0.3 is 0 Å². The van der Waals surface area contributed by atoms with Crippen molar-refractivity contribution in [1.82, 2.24) is 5.16 Å². The van der Waals surface area contributed by atoms with Crippen LogP contribution in [0.2, 0.25) is 0 Å². The molecule has 0 unspecified atom stereocenters. The van der Waals surface area contributed by atoms with Gasteiger partial charge in [0.1, 0.15) is 12.3 Å². The van der Waals surface area contributed by atoms with Gasteiger partial charge in [-0.25, -0.2) is 12.7 Å². The van der Waals surface area contributed by atoms with Crippen LogP contribution in [0, 0.1) is 6.92 Å². The maximum absolute atomic E-state index is 12.8. The molecule has 1 aromatic heterocycles. The van der Waals surface area contributed by atoms with Crippen molar-refractivity contribution in [3.8, 4) is 0 Å². The van der Waals surface area contributed by atoms with Crippen molar-refractivity contribution >= 4 is 27.4 Å². The van der Waals surface area contributed by atoms with E-state index in [1.807, 2.05) is 24.3 Å². The van der Waals surface area contributed by atoms with Crippen molar-refractivity contribution in [2.45, 2.75) is 19.8 Å². The minimum Gasteiger partial charge on any atom is -0.360 e. The molecular formula is C16H19N3O4S. The molecule has 24 heavy (non-hydrogen) atoms. The fourth-order valence-electron chi connectivity index (χ4n) is 2.84. The number of anilines is 2. The zero-order valence-corrected chi connectivity index (χ0v) is 14.4. The number of aryl methyl sites for hydroxylation is 2. The number of amides is 1. The first-order valence-electron chi connectivity index (χ1n) is 7.65. The van der Waals surface area contributed by atoms with Crippen molar-refractivity contribution in [3.63, 3.8) is 0 Å². The van der Waals surface area contributed by atoms with Crippen molar-refractivity contribution in [3.05, 3.63) is 41.7 Å². The second-order valence-corrected chi connectivity index (χ2v) is 7.75. The average molecular weight is 349 g/mol. The summed E-state index contributed by atoms with van der Waals surface area (Å²) in [5, 5.41) is 3.73. The van der Waals surface area contributed by atoms with E-state index in [9.17, 15) is 13.2 Å². The Hall–Kier alpha value is -2.35. The van der Waals surface area contributed by atoms with Crippen LogP contribution in [-0.4, -0.2) is 38.8 Å². The predicted octanol–water partition coefficient (Wildman–Crippen LogP) is 1.73. The minimum atomic E-state index is -3.65. The molecule has 0 aliphatic carbocycles. The highest BCUT2D eigenvalue weighted by Crippen LogP contribution is 2.27. The van der Waals surface area contributed by atoms with Crippen LogP contribution in [0.25, 0.3) is 0 Å². The van der Waals surface area contributed by atoms with Gasteiger partial charge in [0.25, 0.3) is 0 Å². The summed E-state index contributed by atoms with van der Waals surface area (Å²) in [5.74, 6) is 0.316. The number of carbonyl (C=O) groups is 1. The Balaban J connectivity index is 1.88. The van der Waals surface area contributed by atoms with Crippen LogP contribution in [0.3, 0.4) is 0 Å². The number of fused-ring (bicyclic) bond motifs is 1. The molecule has 2 aromatic rings. The molecule has 3 rings (SSSR count). The van der Waals surface area contributed by atoms with Crippen molar-refractivity contribution in [1.29, 1.82) is 0 Å². The Morgan fingerprint density at radius 2 is 2.12 bits per heavy atom. The topological polar surface area (TPSA) is 83.7 Å². The Morgan fingerprint density at radius 1 is 1.38 bits per heavy atom. The largest absolute Gasteiger partial charge is 0.360 e. The van der Waals surface area contributed by atoms with Gasteiger partial charge in [-0.3, -0.25) is 4.79 Å². The highest BCUT2D eigenvalue weighted by atomic mass is 32.2. The lowest BCUT2D eigenvalue weighted by molar-refractivity contribution is -0.117. The van der Waals surface area contributed by atoms with Crippen molar-refractivity contribution in [2.24, 2.45) is 0 Å². The van der Waals surface area contributed by atoms with Crippen LogP contribution in [0.5, 0.6) is 0 Å². The molecule has 0 saturated carbocycles. The molecular weight excluding hydrogens is 330 g/mol. The first kappa shape index (κ1) is 16.5. The number of nitrogens with zero attached hydrogens (tertiary/aromatic N) is 3. The van der Waals surface area contributed by atoms with Crippen LogP contribution >= 0.6 is 0 Å². The monoisotopic (exact) mass is 349 g/mol. The van der Waals surface area contributed by atoms with Gasteiger partial charge in [0.15, 0.2) is 5.82 Å². The lowest BCUT2D eigenvalue weighted by atomic mass is 10.0. The average Bonchev–Trinajstić information content (AvgIpc) is 2.96. The van der Waals surface area contributed by atoms with Crippen LogP contribution in [0.4, 0.5) is 11.5 Å². The molecule has 0 fully saturated rings. The molecule has 2 heterocycles. The van der Waals surface area contributed by atoms with E-state index in [-0.39, 0.29) is 18.3 Å². The number of para-hydroxylation sites is 1. The molecule has 8 heteroatoms. The summed E-state index contributed by atoms with van der Waals surface area (Å²) in [6, 6.07) is 9.19. The zero-order chi connectivity index (χ0) is 17.3. The van der Waals surface area contributed by atoms with Gasteiger partial charge in [-0.15, -0.1) is 0 Å². The van der Waals surface area contributed by atoms with Crippen molar-refractivity contribution in [2.75, 3.05) is 28.6 Å². The van der Waals surface area contributed by atoms with Crippen molar-refractivity contribution < 1.29 is 17.7 Å². The van der Waals surface area contributed by atoms with E-state index in [0.29, 0.717) is 12.3 Å². The molecule has 0 atom stereocenters. The number of hydrogen-bond acceptors (Lipinski definition) is 5. The second kappa shape index (κ2) is 6.27. The van der Waals surface area contributed by atoms with Gasteiger partial charge < -0.3 is 9.42 Å². The van der Waals surface area contributed by atoms with Crippen LogP contribution < -0.4 is 9.21 Å². The maximum Gasteiger partial charge on any atom is 0.247 e. The third kappa shape index (κ3) is 3.28. The molecule has 1 aromatic carbocycles. The smallest absolute Gasteiger partial charge is 0.247 e. The van der Waals surface area contributed by atoms with E-state index < -0.39 is 10.0 Å². The number of aromatic nitrogens is 1. The number of carbonyl (C=O) groups excluding carboxylic acids is 1. The minimum absolute atomic E-state index is 0.119. The number of rotatable bonds is 4. The third-order valence-electron chi connectivity index (χ3n) is 3.96. The summed E-state index contributed by atoms with van der Waals surface area (Å²) in [6.45, 7) is 1.93. The SMILES string of the molecule is Cc1cc(N(CC(=O)N2CCCc3ccccc32)S(C)(=O)=O)no1. The predicted molar refractivity (Wildman–Crippen MR) is 90.5 cm³/mol. The lowest BCUT2D eigenvalue weighted by Gasteiger charge is -2.31. The molecule has 1 amide bonds. The molecule has 0 bridgehead atoms. The van der Waals surface area contributed by atoms with Gasteiger partial charge in [0.2, 0.25) is 15.9 Å². The van der Waals surface area contributed by atoms with Gasteiger partial charge in [-0.05, 0) is 31.4 Å². The summed E-state index contributed by atoms with van der Waals surface area (Å²) in [7, 11) is -3.65. The van der Waals surface area contributed by atoms with Gasteiger partial charge in [0.05, 0.1) is 6.26 Å². The number of hydrogen-bond donors (Lipinski definition) is 0. The van der Waals surface area contributed by atoms with Gasteiger partial charge in [0, 0.05) is 18.3 Å². The molecule has 0 N–H and O–H groups in total. The molecule has 128 valence electrons. The van der Waals surface area contributed by atoms with E-state index in [2.05, 4.69) is 5.16 Å². The summed E-state index contributed by atoms with van der Waals surface area (Å²) >= 11 is 0. The number of sulfonamides is 1. The number of benzene rings is 1. The molecule has 1 aliphatic heterocycles. The summed E-state index contributed by atoms with van der Waals surface area (Å²) < 4.78 is 30.1. The van der Waals surface area contributed by atoms with Crippen LogP contribution in [0.1, 0.15) is 17.7 Å². The fourth-order valence-corrected chi connectivity index (χ4v) is 3.61. The summed E-state index contributed by atoms with van der Waals surface area (Å²) in [6.07, 6.45) is 2.82. The molecule has 0 radical (unpaired) electrons. The van der Waals surface area contributed by atoms with E-state index in [4.69, 9.17) is 4.52 Å².